The molecule has 118 valence electrons. The molecule has 0 bridgehead atoms. The lowest BCUT2D eigenvalue weighted by atomic mass is 10.0. The van der Waals surface area contributed by atoms with E-state index in [0.29, 0.717) is 0 Å². The summed E-state index contributed by atoms with van der Waals surface area (Å²) in [6, 6.07) is 18.9. The first kappa shape index (κ1) is 15.3. The minimum atomic E-state index is -0.0693. The van der Waals surface area contributed by atoms with Gasteiger partial charge in [0.25, 0.3) is 0 Å². The predicted octanol–water partition coefficient (Wildman–Crippen LogP) is 4.28. The van der Waals surface area contributed by atoms with Crippen molar-refractivity contribution in [2.75, 3.05) is 5.32 Å². The molecule has 0 spiro atoms. The smallest absolute Gasteiger partial charge is 0.148 e. The lowest BCUT2D eigenvalue weighted by molar-refractivity contribution is 0.554. The second-order valence-corrected chi connectivity index (χ2v) is 5.64. The van der Waals surface area contributed by atoms with Crippen LogP contribution in [0.15, 0.2) is 67.0 Å². The number of benzene rings is 2. The maximum Gasteiger partial charge on any atom is 0.148 e. The normalized spacial score (nSPS) is 12.0. The van der Waals surface area contributed by atoms with Gasteiger partial charge >= 0.3 is 0 Å². The Morgan fingerprint density at radius 3 is 2.48 bits per heavy atom. The van der Waals surface area contributed by atoms with Gasteiger partial charge in [-0.2, -0.15) is 0 Å². The van der Waals surface area contributed by atoms with Crippen LogP contribution >= 0.6 is 0 Å². The highest BCUT2D eigenvalue weighted by Crippen LogP contribution is 2.21. The van der Waals surface area contributed by atoms with Crippen molar-refractivity contribution in [3.8, 4) is 0 Å². The van der Waals surface area contributed by atoms with E-state index in [1.54, 1.807) is 6.20 Å². The van der Waals surface area contributed by atoms with Gasteiger partial charge in [-0.3, -0.25) is 0 Å². The number of para-hydroxylation sites is 1. The molecule has 1 heterocycles. The Kier molecular flexibility index (Phi) is 5.04. The number of aromatic nitrogens is 3. The molecule has 0 amide bonds. The Hall–Kier alpha value is -2.62. The number of aryl methyl sites for hydroxylation is 1. The molecule has 0 saturated heterocycles. The van der Waals surface area contributed by atoms with E-state index in [1.165, 1.54) is 24.0 Å². The van der Waals surface area contributed by atoms with E-state index < -0.39 is 0 Å². The predicted molar refractivity (Wildman–Crippen MR) is 93.3 cm³/mol. The molecule has 0 aliphatic heterocycles. The molecule has 3 rings (SSSR count). The van der Waals surface area contributed by atoms with Gasteiger partial charge in [0, 0.05) is 11.9 Å². The molecular weight excluding hydrogens is 284 g/mol. The van der Waals surface area contributed by atoms with Crippen LogP contribution in [0.4, 0.5) is 5.69 Å². The SMILES string of the molecule is CCCCc1ccc(C(Nc2ccccc2)n2ccnn2)cc1. The third-order valence-electron chi connectivity index (χ3n) is 3.90. The van der Waals surface area contributed by atoms with Gasteiger partial charge in [0.15, 0.2) is 0 Å². The molecule has 0 saturated carbocycles. The maximum atomic E-state index is 4.17. The molecule has 1 unspecified atom stereocenters. The topological polar surface area (TPSA) is 42.7 Å². The number of rotatable bonds is 7. The standard InChI is InChI=1S/C19H22N4/c1-2-3-7-16-10-12-17(13-11-16)19(23-15-14-20-22-23)21-18-8-5-4-6-9-18/h4-6,8-15,19,21H,2-3,7H2,1H3. The Morgan fingerprint density at radius 1 is 1.04 bits per heavy atom. The lowest BCUT2D eigenvalue weighted by Gasteiger charge is -2.20. The maximum absolute atomic E-state index is 4.17. The van der Waals surface area contributed by atoms with Gasteiger partial charge in [0.2, 0.25) is 0 Å². The summed E-state index contributed by atoms with van der Waals surface area (Å²) in [4.78, 5) is 0. The van der Waals surface area contributed by atoms with Crippen molar-refractivity contribution in [3.05, 3.63) is 78.1 Å². The van der Waals surface area contributed by atoms with Gasteiger partial charge in [-0.05, 0) is 36.1 Å². The zero-order chi connectivity index (χ0) is 15.9. The van der Waals surface area contributed by atoms with Crippen molar-refractivity contribution < 1.29 is 0 Å². The number of anilines is 1. The molecule has 23 heavy (non-hydrogen) atoms. The number of nitrogens with zero attached hydrogens (tertiary/aromatic N) is 3. The van der Waals surface area contributed by atoms with Crippen molar-refractivity contribution >= 4 is 5.69 Å². The van der Waals surface area contributed by atoms with Crippen LogP contribution in [0.2, 0.25) is 0 Å². The van der Waals surface area contributed by atoms with Crippen LogP contribution in [-0.2, 0) is 6.42 Å². The molecule has 0 fully saturated rings. The number of unbranched alkanes of at least 4 members (excludes halogenated alkanes) is 1. The molecule has 0 aliphatic carbocycles. The van der Waals surface area contributed by atoms with Crippen LogP contribution in [0.25, 0.3) is 0 Å². The molecule has 0 aliphatic rings. The Balaban J connectivity index is 1.83. The van der Waals surface area contributed by atoms with Crippen LogP contribution < -0.4 is 5.32 Å². The van der Waals surface area contributed by atoms with E-state index in [-0.39, 0.29) is 6.17 Å². The Labute approximate surface area is 137 Å². The van der Waals surface area contributed by atoms with Gasteiger partial charge in [-0.15, -0.1) is 5.10 Å². The average Bonchev–Trinajstić information content (AvgIpc) is 3.14. The van der Waals surface area contributed by atoms with Crippen molar-refractivity contribution in [2.45, 2.75) is 32.4 Å². The van der Waals surface area contributed by atoms with Gasteiger partial charge < -0.3 is 5.32 Å². The van der Waals surface area contributed by atoms with E-state index in [4.69, 9.17) is 0 Å². The minimum absolute atomic E-state index is 0.0693. The molecular formula is C19H22N4. The second kappa shape index (κ2) is 7.58. The second-order valence-electron chi connectivity index (χ2n) is 5.64. The molecule has 2 aromatic carbocycles. The van der Waals surface area contributed by atoms with Gasteiger partial charge in [0.05, 0.1) is 6.20 Å². The van der Waals surface area contributed by atoms with E-state index in [1.807, 2.05) is 29.1 Å². The van der Waals surface area contributed by atoms with Crippen molar-refractivity contribution in [1.82, 2.24) is 15.0 Å². The third-order valence-corrected chi connectivity index (χ3v) is 3.90. The first-order valence-corrected chi connectivity index (χ1v) is 8.13. The minimum Gasteiger partial charge on any atom is -0.360 e. The zero-order valence-corrected chi connectivity index (χ0v) is 13.4. The highest BCUT2D eigenvalue weighted by molar-refractivity contribution is 5.45. The summed E-state index contributed by atoms with van der Waals surface area (Å²) in [7, 11) is 0. The first-order valence-electron chi connectivity index (χ1n) is 8.13. The largest absolute Gasteiger partial charge is 0.360 e. The van der Waals surface area contributed by atoms with E-state index in [9.17, 15) is 0 Å². The molecule has 3 aromatic rings. The molecule has 0 radical (unpaired) electrons. The Morgan fingerprint density at radius 2 is 1.83 bits per heavy atom. The van der Waals surface area contributed by atoms with Crippen LogP contribution in [0.5, 0.6) is 0 Å². The van der Waals surface area contributed by atoms with Crippen LogP contribution in [0.3, 0.4) is 0 Å². The van der Waals surface area contributed by atoms with E-state index in [2.05, 4.69) is 59.0 Å². The number of nitrogens with one attached hydrogen (secondary N) is 1. The van der Waals surface area contributed by atoms with E-state index >= 15 is 0 Å². The molecule has 1 N–H and O–H groups in total. The lowest BCUT2D eigenvalue weighted by Crippen LogP contribution is -2.20. The molecule has 4 heteroatoms. The first-order chi connectivity index (χ1) is 11.4. The summed E-state index contributed by atoms with van der Waals surface area (Å²) in [5.74, 6) is 0. The molecule has 1 aromatic heterocycles. The van der Waals surface area contributed by atoms with Crippen LogP contribution in [-0.4, -0.2) is 15.0 Å². The molecule has 1 atom stereocenters. The quantitative estimate of drug-likeness (QED) is 0.708. The molecule has 4 nitrogen and oxygen atoms in total. The van der Waals surface area contributed by atoms with E-state index in [0.717, 1.165) is 12.1 Å². The summed E-state index contributed by atoms with van der Waals surface area (Å²) in [5.41, 5.74) is 3.61. The average molecular weight is 306 g/mol. The van der Waals surface area contributed by atoms with Crippen LogP contribution in [0.1, 0.15) is 37.1 Å². The van der Waals surface area contributed by atoms with Crippen molar-refractivity contribution in [1.29, 1.82) is 0 Å². The fraction of sp³-hybridized carbons (Fsp3) is 0.263. The fourth-order valence-corrected chi connectivity index (χ4v) is 2.60. The van der Waals surface area contributed by atoms with Crippen LogP contribution in [0, 0.1) is 0 Å². The zero-order valence-electron chi connectivity index (χ0n) is 13.4. The summed E-state index contributed by atoms with van der Waals surface area (Å²) >= 11 is 0. The Bertz CT molecular complexity index is 690. The number of hydrogen-bond acceptors (Lipinski definition) is 3. The highest BCUT2D eigenvalue weighted by Gasteiger charge is 2.14. The summed E-state index contributed by atoms with van der Waals surface area (Å²) < 4.78 is 1.84. The van der Waals surface area contributed by atoms with Gasteiger partial charge in [0.1, 0.15) is 6.17 Å². The highest BCUT2D eigenvalue weighted by atomic mass is 15.5. The summed E-state index contributed by atoms with van der Waals surface area (Å²) in [5, 5.41) is 11.6. The summed E-state index contributed by atoms with van der Waals surface area (Å²) in [6.07, 6.45) is 7.10. The monoisotopic (exact) mass is 306 g/mol. The fourth-order valence-electron chi connectivity index (χ4n) is 2.60. The third kappa shape index (κ3) is 3.97. The van der Waals surface area contributed by atoms with Crippen molar-refractivity contribution in [3.63, 3.8) is 0 Å². The number of hydrogen-bond donors (Lipinski definition) is 1. The summed E-state index contributed by atoms with van der Waals surface area (Å²) in [6.45, 7) is 2.22. The van der Waals surface area contributed by atoms with Gasteiger partial charge in [-0.1, -0.05) is 61.0 Å². The van der Waals surface area contributed by atoms with Crippen molar-refractivity contribution in [2.24, 2.45) is 0 Å². The van der Waals surface area contributed by atoms with Gasteiger partial charge in [-0.25, -0.2) is 4.68 Å².